The highest BCUT2D eigenvalue weighted by atomic mass is 32.2. The van der Waals surface area contributed by atoms with Crippen LogP contribution in [0.4, 0.5) is 0 Å². The zero-order valence-electron chi connectivity index (χ0n) is 16.0. The van der Waals surface area contributed by atoms with E-state index >= 15 is 0 Å². The molecule has 2 heterocycles. The second kappa shape index (κ2) is 8.01. The standard InChI is InChI=1S/C20H33N5S/c1-15(21)20(9-10-20)25-14-18(23-24-25)19(17-5-3-2-4-6-17)22-13-16-7-11-26-12-8-16/h14,16-17,19,21-22H,2-13H2,1H3. The highest BCUT2D eigenvalue weighted by Gasteiger charge is 2.48. The average Bonchev–Trinajstić information content (AvgIpc) is 3.36. The summed E-state index contributed by atoms with van der Waals surface area (Å²) in [4.78, 5) is 0. The molecule has 26 heavy (non-hydrogen) atoms. The van der Waals surface area contributed by atoms with Gasteiger partial charge in [0, 0.05) is 5.71 Å². The minimum absolute atomic E-state index is 0.164. The van der Waals surface area contributed by atoms with Gasteiger partial charge in [-0.05, 0) is 75.3 Å². The van der Waals surface area contributed by atoms with E-state index in [1.807, 2.05) is 11.6 Å². The molecule has 1 atom stereocenters. The summed E-state index contributed by atoms with van der Waals surface area (Å²) >= 11 is 2.10. The maximum Gasteiger partial charge on any atom is 0.102 e. The second-order valence-electron chi connectivity index (χ2n) is 8.58. The van der Waals surface area contributed by atoms with E-state index in [9.17, 15) is 0 Å². The largest absolute Gasteiger partial charge is 0.308 e. The molecule has 4 rings (SSSR count). The first-order chi connectivity index (χ1) is 12.7. The lowest BCUT2D eigenvalue weighted by Gasteiger charge is -2.32. The fourth-order valence-electron chi connectivity index (χ4n) is 4.75. The van der Waals surface area contributed by atoms with Gasteiger partial charge in [-0.1, -0.05) is 24.5 Å². The number of hydrogen-bond acceptors (Lipinski definition) is 5. The van der Waals surface area contributed by atoms with Gasteiger partial charge in [0.25, 0.3) is 0 Å². The van der Waals surface area contributed by atoms with Crippen LogP contribution in [0.3, 0.4) is 0 Å². The summed E-state index contributed by atoms with van der Waals surface area (Å²) in [6.07, 6.45) is 13.6. The Kier molecular flexibility index (Phi) is 5.69. The third kappa shape index (κ3) is 3.86. The van der Waals surface area contributed by atoms with Crippen LogP contribution in [0.5, 0.6) is 0 Å². The van der Waals surface area contributed by atoms with Crippen molar-refractivity contribution < 1.29 is 0 Å². The minimum Gasteiger partial charge on any atom is -0.308 e. The molecular formula is C20H33N5S. The summed E-state index contributed by atoms with van der Waals surface area (Å²) in [7, 11) is 0. The number of nitrogens with one attached hydrogen (secondary N) is 2. The summed E-state index contributed by atoms with van der Waals surface area (Å²) in [5.74, 6) is 4.13. The Morgan fingerprint density at radius 2 is 2.00 bits per heavy atom. The normalized spacial score (nSPS) is 25.1. The summed E-state index contributed by atoms with van der Waals surface area (Å²) in [5.41, 5.74) is 1.66. The molecule has 1 aromatic heterocycles. The molecule has 0 radical (unpaired) electrons. The van der Waals surface area contributed by atoms with Crippen molar-refractivity contribution in [1.82, 2.24) is 20.3 Å². The Hall–Kier alpha value is -0.880. The fourth-order valence-corrected chi connectivity index (χ4v) is 5.95. The third-order valence-electron chi connectivity index (χ3n) is 6.78. The van der Waals surface area contributed by atoms with E-state index in [1.165, 1.54) is 56.5 Å². The van der Waals surface area contributed by atoms with Gasteiger partial charge in [0.1, 0.15) is 5.54 Å². The van der Waals surface area contributed by atoms with Crippen molar-refractivity contribution >= 4 is 17.5 Å². The van der Waals surface area contributed by atoms with Gasteiger partial charge in [-0.25, -0.2) is 4.68 Å². The molecule has 144 valence electrons. The monoisotopic (exact) mass is 375 g/mol. The van der Waals surface area contributed by atoms with Crippen molar-refractivity contribution in [3.63, 3.8) is 0 Å². The van der Waals surface area contributed by atoms with Gasteiger partial charge in [0.15, 0.2) is 0 Å². The molecule has 3 fully saturated rings. The lowest BCUT2D eigenvalue weighted by Crippen LogP contribution is -2.34. The van der Waals surface area contributed by atoms with Crippen LogP contribution in [0.2, 0.25) is 0 Å². The molecule has 1 saturated heterocycles. The topological polar surface area (TPSA) is 66.6 Å². The Morgan fingerprint density at radius 1 is 1.27 bits per heavy atom. The molecule has 0 spiro atoms. The van der Waals surface area contributed by atoms with Crippen molar-refractivity contribution in [2.24, 2.45) is 11.8 Å². The van der Waals surface area contributed by atoms with Gasteiger partial charge in [-0.2, -0.15) is 11.8 Å². The van der Waals surface area contributed by atoms with Gasteiger partial charge in [-0.3, -0.25) is 0 Å². The number of rotatable bonds is 7. The molecule has 2 aliphatic carbocycles. The molecule has 0 bridgehead atoms. The van der Waals surface area contributed by atoms with E-state index in [0.717, 1.165) is 36.7 Å². The maximum atomic E-state index is 8.12. The maximum absolute atomic E-state index is 8.12. The van der Waals surface area contributed by atoms with E-state index in [2.05, 4.69) is 33.6 Å². The van der Waals surface area contributed by atoms with Crippen molar-refractivity contribution in [2.45, 2.75) is 76.3 Å². The molecule has 1 aliphatic heterocycles. The molecular weight excluding hydrogens is 342 g/mol. The summed E-state index contributed by atoms with van der Waals surface area (Å²) < 4.78 is 1.99. The van der Waals surface area contributed by atoms with Crippen molar-refractivity contribution in [3.05, 3.63) is 11.9 Å². The molecule has 2 saturated carbocycles. The molecule has 1 unspecified atom stereocenters. The molecule has 5 nitrogen and oxygen atoms in total. The van der Waals surface area contributed by atoms with Crippen LogP contribution in [0.15, 0.2) is 6.20 Å². The van der Waals surface area contributed by atoms with Crippen LogP contribution < -0.4 is 5.32 Å². The third-order valence-corrected chi connectivity index (χ3v) is 7.83. The van der Waals surface area contributed by atoms with Crippen LogP contribution in [0.25, 0.3) is 0 Å². The first-order valence-electron chi connectivity index (χ1n) is 10.5. The van der Waals surface area contributed by atoms with E-state index < -0.39 is 0 Å². The summed E-state index contributed by atoms with van der Waals surface area (Å²) in [6, 6.07) is 0.334. The zero-order valence-corrected chi connectivity index (χ0v) is 16.9. The quantitative estimate of drug-likeness (QED) is 0.702. The zero-order chi connectivity index (χ0) is 18.0. The van der Waals surface area contributed by atoms with Crippen LogP contribution in [-0.4, -0.2) is 38.8 Å². The Balaban J connectivity index is 1.48. The predicted octanol–water partition coefficient (Wildman–Crippen LogP) is 4.16. The van der Waals surface area contributed by atoms with Crippen molar-refractivity contribution in [3.8, 4) is 0 Å². The molecule has 0 aromatic carbocycles. The highest BCUT2D eigenvalue weighted by Crippen LogP contribution is 2.44. The van der Waals surface area contributed by atoms with Crippen LogP contribution in [0.1, 0.15) is 76.4 Å². The number of hydrogen-bond donors (Lipinski definition) is 2. The van der Waals surface area contributed by atoms with Gasteiger partial charge >= 0.3 is 0 Å². The van der Waals surface area contributed by atoms with Gasteiger partial charge in [0.2, 0.25) is 0 Å². The van der Waals surface area contributed by atoms with E-state index in [-0.39, 0.29) is 5.54 Å². The van der Waals surface area contributed by atoms with E-state index in [0.29, 0.717) is 12.0 Å². The smallest absolute Gasteiger partial charge is 0.102 e. The van der Waals surface area contributed by atoms with E-state index in [1.54, 1.807) is 0 Å². The number of nitrogens with zero attached hydrogens (tertiary/aromatic N) is 3. The molecule has 6 heteroatoms. The molecule has 1 aromatic rings. The molecule has 0 amide bonds. The highest BCUT2D eigenvalue weighted by molar-refractivity contribution is 7.99. The van der Waals surface area contributed by atoms with Crippen LogP contribution in [0, 0.1) is 17.2 Å². The lowest BCUT2D eigenvalue weighted by atomic mass is 9.82. The van der Waals surface area contributed by atoms with E-state index in [4.69, 9.17) is 5.41 Å². The Morgan fingerprint density at radius 3 is 2.65 bits per heavy atom. The lowest BCUT2D eigenvalue weighted by molar-refractivity contribution is 0.255. The summed E-state index contributed by atoms with van der Waals surface area (Å²) in [6.45, 7) is 3.02. The van der Waals surface area contributed by atoms with Gasteiger partial charge in [-0.15, -0.1) is 5.10 Å². The fraction of sp³-hybridized carbons (Fsp3) is 0.850. The first kappa shape index (κ1) is 18.5. The SMILES string of the molecule is CC(=N)C1(n2cc(C(NCC3CCSCC3)C3CCCCC3)nn2)CC1. The number of thioether (sulfide) groups is 1. The first-order valence-corrected chi connectivity index (χ1v) is 11.6. The van der Waals surface area contributed by atoms with Gasteiger partial charge < -0.3 is 10.7 Å². The average molecular weight is 376 g/mol. The van der Waals surface area contributed by atoms with Crippen molar-refractivity contribution in [1.29, 1.82) is 5.41 Å². The summed E-state index contributed by atoms with van der Waals surface area (Å²) in [5, 5.41) is 21.1. The molecule has 3 aliphatic rings. The van der Waals surface area contributed by atoms with Crippen LogP contribution in [-0.2, 0) is 5.54 Å². The minimum atomic E-state index is -0.164. The van der Waals surface area contributed by atoms with Crippen LogP contribution >= 0.6 is 11.8 Å². The second-order valence-corrected chi connectivity index (χ2v) is 9.81. The number of aromatic nitrogens is 3. The Bertz CT molecular complexity index is 611. The van der Waals surface area contributed by atoms with Crippen molar-refractivity contribution in [2.75, 3.05) is 18.1 Å². The molecule has 2 N–H and O–H groups in total. The predicted molar refractivity (Wildman–Crippen MR) is 108 cm³/mol. The Labute approximate surface area is 161 Å². The van der Waals surface area contributed by atoms with Gasteiger partial charge in [0.05, 0.1) is 17.9 Å².